The number of benzene rings is 3. The van der Waals surface area contributed by atoms with Crippen molar-refractivity contribution < 1.29 is 9.53 Å². The minimum atomic E-state index is -0.316. The molecule has 4 rings (SSSR count). The van der Waals surface area contributed by atoms with Crippen LogP contribution >= 0.6 is 15.9 Å². The van der Waals surface area contributed by atoms with Crippen molar-refractivity contribution >= 4 is 56.5 Å². The second-order valence-electron chi connectivity index (χ2n) is 5.92. The van der Waals surface area contributed by atoms with Gasteiger partial charge in [-0.1, -0.05) is 40.2 Å². The first-order valence-electron chi connectivity index (χ1n) is 8.18. The second-order valence-corrected chi connectivity index (χ2v) is 6.84. The molecule has 1 aliphatic rings. The summed E-state index contributed by atoms with van der Waals surface area (Å²) in [4.78, 5) is 12.1. The van der Waals surface area contributed by atoms with Crippen molar-refractivity contribution in [3.05, 3.63) is 64.6 Å². The van der Waals surface area contributed by atoms with Crippen molar-refractivity contribution in [2.75, 3.05) is 17.1 Å². The van der Waals surface area contributed by atoms with Crippen LogP contribution in [-0.2, 0) is 4.74 Å². The van der Waals surface area contributed by atoms with Gasteiger partial charge in [-0.05, 0) is 48.1 Å². The summed E-state index contributed by atoms with van der Waals surface area (Å²) in [6.07, 6.45) is 0. The molecule has 4 nitrogen and oxygen atoms in total. The third-order valence-electron chi connectivity index (χ3n) is 4.27. The van der Waals surface area contributed by atoms with E-state index in [1.54, 1.807) is 13.0 Å². The number of ether oxygens (including phenoxy) is 1. The van der Waals surface area contributed by atoms with Gasteiger partial charge in [-0.25, -0.2) is 4.79 Å². The van der Waals surface area contributed by atoms with Crippen molar-refractivity contribution in [1.29, 1.82) is 0 Å². The molecule has 6 heteroatoms. The molecule has 0 bridgehead atoms. The zero-order valence-corrected chi connectivity index (χ0v) is 15.3. The van der Waals surface area contributed by atoms with Gasteiger partial charge in [0.2, 0.25) is 0 Å². The van der Waals surface area contributed by atoms with Crippen LogP contribution < -0.4 is 15.9 Å². The van der Waals surface area contributed by atoms with Crippen molar-refractivity contribution in [2.24, 2.45) is 0 Å². The maximum atomic E-state index is 12.1. The lowest BCUT2D eigenvalue weighted by Crippen LogP contribution is -2.48. The Morgan fingerprint density at radius 3 is 2.40 bits per heavy atom. The zero-order chi connectivity index (χ0) is 17.4. The first-order valence-corrected chi connectivity index (χ1v) is 8.97. The van der Waals surface area contributed by atoms with Crippen molar-refractivity contribution in [1.82, 2.24) is 0 Å². The van der Waals surface area contributed by atoms with Crippen LogP contribution in [0.15, 0.2) is 59.1 Å². The van der Waals surface area contributed by atoms with Crippen LogP contribution in [0.25, 0.3) is 10.8 Å². The van der Waals surface area contributed by atoms with E-state index < -0.39 is 0 Å². The molecule has 0 fully saturated rings. The van der Waals surface area contributed by atoms with E-state index in [9.17, 15) is 4.79 Å². The third kappa shape index (κ3) is 2.98. The fourth-order valence-corrected chi connectivity index (χ4v) is 3.72. The van der Waals surface area contributed by atoms with Crippen LogP contribution in [0, 0.1) is 0 Å². The van der Waals surface area contributed by atoms with Gasteiger partial charge in [-0.15, -0.1) is 0 Å². The third-order valence-corrected chi connectivity index (χ3v) is 4.73. The van der Waals surface area contributed by atoms with Gasteiger partial charge >= 0.3 is 13.0 Å². The molecule has 3 aromatic rings. The fraction of sp³-hybridized carbons (Fsp3) is 0.105. The average Bonchev–Trinajstić information content (AvgIpc) is 2.62. The van der Waals surface area contributed by atoms with E-state index in [1.165, 1.54) is 10.8 Å². The summed E-state index contributed by atoms with van der Waals surface area (Å²) in [6, 6.07) is 18.1. The first-order chi connectivity index (χ1) is 12.2. The first kappa shape index (κ1) is 16.0. The number of rotatable bonds is 3. The topological polar surface area (TPSA) is 50.4 Å². The maximum absolute atomic E-state index is 12.1. The van der Waals surface area contributed by atoms with Gasteiger partial charge in [0.05, 0.1) is 12.2 Å². The summed E-state index contributed by atoms with van der Waals surface area (Å²) < 4.78 is 5.97. The van der Waals surface area contributed by atoms with E-state index >= 15 is 0 Å². The minimum absolute atomic E-state index is 0.133. The van der Waals surface area contributed by atoms with Crippen LogP contribution in [0.2, 0.25) is 0 Å². The molecule has 0 amide bonds. The summed E-state index contributed by atoms with van der Waals surface area (Å²) >= 11 is 3.50. The number of anilines is 2. The molecule has 0 unspecified atom stereocenters. The molecule has 0 atom stereocenters. The Labute approximate surface area is 154 Å². The molecular formula is C19H16BBrN2O2. The van der Waals surface area contributed by atoms with E-state index in [4.69, 9.17) is 4.74 Å². The standard InChI is InChI=1S/C19H16BBrN2O2/c1-2-25-19(24)13-9-14(11-15(21)10-13)20-22-16-7-3-5-12-6-4-8-17(23-20)18(12)16/h3-11,22-23H,2H2,1H3. The highest BCUT2D eigenvalue weighted by Gasteiger charge is 2.26. The number of hydrogen-bond acceptors (Lipinski definition) is 4. The zero-order valence-electron chi connectivity index (χ0n) is 13.7. The molecule has 0 radical (unpaired) electrons. The molecule has 2 N–H and O–H groups in total. The maximum Gasteiger partial charge on any atom is 0.406 e. The number of carbonyl (C=O) groups is 1. The van der Waals surface area contributed by atoms with Crippen molar-refractivity contribution in [2.45, 2.75) is 6.92 Å². The molecule has 25 heavy (non-hydrogen) atoms. The van der Waals surface area contributed by atoms with E-state index in [-0.39, 0.29) is 13.0 Å². The Morgan fingerprint density at radius 1 is 1.08 bits per heavy atom. The van der Waals surface area contributed by atoms with Gasteiger partial charge in [0.15, 0.2) is 0 Å². The summed E-state index contributed by atoms with van der Waals surface area (Å²) in [5.41, 5.74) is 3.65. The van der Waals surface area contributed by atoms with Crippen LogP contribution in [0.5, 0.6) is 0 Å². The van der Waals surface area contributed by atoms with E-state index in [0.717, 1.165) is 21.3 Å². The lowest BCUT2D eigenvalue weighted by molar-refractivity contribution is 0.0526. The molecule has 1 aliphatic heterocycles. The summed E-state index contributed by atoms with van der Waals surface area (Å²) in [5, 5.41) is 9.41. The highest BCUT2D eigenvalue weighted by atomic mass is 79.9. The van der Waals surface area contributed by atoms with Gasteiger partial charge < -0.3 is 15.2 Å². The SMILES string of the molecule is CCOC(=O)c1cc(Br)cc(B2Nc3cccc4cccc(c34)N2)c1. The highest BCUT2D eigenvalue weighted by Crippen LogP contribution is 2.33. The Hall–Kier alpha value is -2.47. The Morgan fingerprint density at radius 2 is 1.76 bits per heavy atom. The van der Waals surface area contributed by atoms with Gasteiger partial charge in [0.1, 0.15) is 0 Å². The van der Waals surface area contributed by atoms with Crippen LogP contribution in [0.1, 0.15) is 17.3 Å². The van der Waals surface area contributed by atoms with Gasteiger partial charge in [-0.3, -0.25) is 0 Å². The monoisotopic (exact) mass is 394 g/mol. The molecule has 3 aromatic carbocycles. The number of nitrogens with one attached hydrogen (secondary N) is 2. The summed E-state index contributed by atoms with van der Waals surface area (Å²) in [6.45, 7) is 2.03. The van der Waals surface area contributed by atoms with Crippen LogP contribution in [0.4, 0.5) is 11.4 Å². The lowest BCUT2D eigenvalue weighted by atomic mass is 9.65. The molecule has 0 spiro atoms. The van der Waals surface area contributed by atoms with Crippen molar-refractivity contribution in [3.8, 4) is 0 Å². The quantitative estimate of drug-likeness (QED) is 0.520. The Kier molecular flexibility index (Phi) is 4.13. The lowest BCUT2D eigenvalue weighted by Gasteiger charge is -2.27. The minimum Gasteiger partial charge on any atom is -0.462 e. The molecule has 0 saturated heterocycles. The largest absolute Gasteiger partial charge is 0.462 e. The smallest absolute Gasteiger partial charge is 0.406 e. The molecular weight excluding hydrogens is 379 g/mol. The number of carbonyl (C=O) groups excluding carboxylic acids is 1. The van der Waals surface area contributed by atoms with Crippen LogP contribution in [-0.4, -0.2) is 19.6 Å². The Balaban J connectivity index is 1.73. The predicted molar refractivity (Wildman–Crippen MR) is 107 cm³/mol. The van der Waals surface area contributed by atoms with Crippen LogP contribution in [0.3, 0.4) is 0 Å². The molecule has 0 saturated carbocycles. The highest BCUT2D eigenvalue weighted by molar-refractivity contribution is 9.10. The van der Waals surface area contributed by atoms with Gasteiger partial charge in [-0.2, -0.15) is 0 Å². The number of hydrogen-bond donors (Lipinski definition) is 2. The van der Waals surface area contributed by atoms with E-state index in [1.807, 2.05) is 24.3 Å². The predicted octanol–water partition coefficient (Wildman–Crippen LogP) is 4.01. The second kappa shape index (κ2) is 6.45. The normalized spacial score (nSPS) is 12.5. The number of esters is 1. The van der Waals surface area contributed by atoms with E-state index in [2.05, 4.69) is 50.7 Å². The van der Waals surface area contributed by atoms with Crippen molar-refractivity contribution in [3.63, 3.8) is 0 Å². The summed E-state index contributed by atoms with van der Waals surface area (Å²) in [5.74, 6) is -0.316. The van der Waals surface area contributed by atoms with Gasteiger partial charge in [0.25, 0.3) is 0 Å². The summed E-state index contributed by atoms with van der Waals surface area (Å²) in [7, 11) is 0. The van der Waals surface area contributed by atoms with Gasteiger partial charge in [0, 0.05) is 21.2 Å². The van der Waals surface area contributed by atoms with E-state index in [0.29, 0.717) is 12.2 Å². The molecule has 124 valence electrons. The molecule has 0 aliphatic carbocycles. The molecule has 0 aromatic heterocycles. The molecule has 1 heterocycles. The Bertz CT molecular complexity index is 936. The number of halogens is 1. The average molecular weight is 395 g/mol. The fourth-order valence-electron chi connectivity index (χ4n) is 3.21.